The molecule has 2 aliphatic rings. The summed E-state index contributed by atoms with van der Waals surface area (Å²) in [5, 5.41) is 5.15. The number of anilines is 3. The van der Waals surface area contributed by atoms with Crippen LogP contribution in [0.1, 0.15) is 30.9 Å². The van der Waals surface area contributed by atoms with Gasteiger partial charge in [0, 0.05) is 43.2 Å². The van der Waals surface area contributed by atoms with Crippen LogP contribution in [0.5, 0.6) is 0 Å². The first-order chi connectivity index (χ1) is 25.0. The van der Waals surface area contributed by atoms with Crippen molar-refractivity contribution in [2.24, 2.45) is 5.92 Å². The SMILES string of the molecule is CC1(C)c2cc(N(c3ccc(-c4cccc5c4sc4ccccc45)cc3)c3cc(-c4ccccc4)c4ccccc4c3)ccc2C2C=CC=CC21. The Bertz CT molecular complexity index is 2670. The van der Waals surface area contributed by atoms with Crippen molar-refractivity contribution in [3.05, 3.63) is 187 Å². The van der Waals surface area contributed by atoms with E-state index in [0.717, 1.165) is 11.4 Å². The van der Waals surface area contributed by atoms with Crippen LogP contribution in [-0.4, -0.2) is 0 Å². The third kappa shape index (κ3) is 4.82. The van der Waals surface area contributed by atoms with Crippen molar-refractivity contribution in [2.75, 3.05) is 4.90 Å². The molecule has 2 atom stereocenters. The molecular weight excluding hydrogens is 635 g/mol. The fourth-order valence-electron chi connectivity index (χ4n) is 8.80. The Labute approximate surface area is 303 Å². The number of allylic oxidation sites excluding steroid dienone is 4. The van der Waals surface area contributed by atoms with Gasteiger partial charge in [-0.1, -0.05) is 147 Å². The molecule has 244 valence electrons. The Morgan fingerprint density at radius 1 is 0.529 bits per heavy atom. The van der Waals surface area contributed by atoms with E-state index >= 15 is 0 Å². The summed E-state index contributed by atoms with van der Waals surface area (Å²) in [7, 11) is 0. The predicted octanol–water partition coefficient (Wildman–Crippen LogP) is 14.1. The first kappa shape index (κ1) is 30.2. The number of nitrogens with zero attached hydrogens (tertiary/aromatic N) is 1. The van der Waals surface area contributed by atoms with E-state index in [1.54, 1.807) is 0 Å². The minimum Gasteiger partial charge on any atom is -0.310 e. The van der Waals surface area contributed by atoms with Crippen LogP contribution in [-0.2, 0) is 5.41 Å². The van der Waals surface area contributed by atoms with Crippen molar-refractivity contribution in [1.82, 2.24) is 0 Å². The van der Waals surface area contributed by atoms with Crippen molar-refractivity contribution in [1.29, 1.82) is 0 Å². The van der Waals surface area contributed by atoms with Crippen LogP contribution in [0.4, 0.5) is 17.1 Å². The third-order valence-electron chi connectivity index (χ3n) is 11.3. The Hall–Kier alpha value is -5.70. The van der Waals surface area contributed by atoms with Crippen LogP contribution in [0.3, 0.4) is 0 Å². The number of hydrogen-bond acceptors (Lipinski definition) is 2. The van der Waals surface area contributed by atoms with Gasteiger partial charge in [0.1, 0.15) is 0 Å². The average Bonchev–Trinajstić information content (AvgIpc) is 3.67. The number of benzene rings is 7. The van der Waals surface area contributed by atoms with E-state index in [9.17, 15) is 0 Å². The molecular formula is C49H37NS. The highest BCUT2D eigenvalue weighted by molar-refractivity contribution is 7.26. The molecule has 0 saturated heterocycles. The average molecular weight is 672 g/mol. The fourth-order valence-corrected chi connectivity index (χ4v) is 10.0. The smallest absolute Gasteiger partial charge is 0.0474 e. The van der Waals surface area contributed by atoms with Crippen LogP contribution >= 0.6 is 11.3 Å². The van der Waals surface area contributed by atoms with Crippen LogP contribution in [0.15, 0.2) is 176 Å². The monoisotopic (exact) mass is 671 g/mol. The molecule has 1 nitrogen and oxygen atoms in total. The summed E-state index contributed by atoms with van der Waals surface area (Å²) in [6, 6.07) is 56.2. The topological polar surface area (TPSA) is 3.24 Å². The minimum absolute atomic E-state index is 0.0221. The van der Waals surface area contributed by atoms with Gasteiger partial charge in [-0.15, -0.1) is 11.3 Å². The Morgan fingerprint density at radius 2 is 1.24 bits per heavy atom. The van der Waals surface area contributed by atoms with Crippen molar-refractivity contribution in [3.63, 3.8) is 0 Å². The molecule has 0 spiro atoms. The second-order valence-electron chi connectivity index (χ2n) is 14.6. The number of thiophene rings is 1. The van der Waals surface area contributed by atoms with E-state index in [-0.39, 0.29) is 5.41 Å². The van der Waals surface area contributed by atoms with Gasteiger partial charge in [-0.2, -0.15) is 0 Å². The molecule has 0 amide bonds. The Balaban J connectivity index is 1.16. The molecule has 2 heteroatoms. The van der Waals surface area contributed by atoms with Crippen molar-refractivity contribution >= 4 is 59.3 Å². The number of rotatable bonds is 5. The lowest BCUT2D eigenvalue weighted by atomic mass is 9.74. The molecule has 2 unspecified atom stereocenters. The number of hydrogen-bond donors (Lipinski definition) is 0. The van der Waals surface area contributed by atoms with E-state index in [0.29, 0.717) is 11.8 Å². The normalized spacial score (nSPS) is 17.2. The molecule has 0 saturated carbocycles. The zero-order valence-corrected chi connectivity index (χ0v) is 29.6. The minimum atomic E-state index is 0.0221. The maximum Gasteiger partial charge on any atom is 0.0474 e. The summed E-state index contributed by atoms with van der Waals surface area (Å²) in [4.78, 5) is 2.46. The van der Waals surface area contributed by atoms with Crippen LogP contribution in [0.2, 0.25) is 0 Å². The Kier molecular flexibility index (Phi) is 6.91. The molecule has 0 aliphatic heterocycles. The van der Waals surface area contributed by atoms with E-state index < -0.39 is 0 Å². The van der Waals surface area contributed by atoms with Gasteiger partial charge in [0.25, 0.3) is 0 Å². The lowest BCUT2D eigenvalue weighted by molar-refractivity contribution is 0.394. The van der Waals surface area contributed by atoms with Gasteiger partial charge in [-0.25, -0.2) is 0 Å². The fraction of sp³-hybridized carbons (Fsp3) is 0.102. The molecule has 8 aromatic rings. The van der Waals surface area contributed by atoms with Crippen molar-refractivity contribution < 1.29 is 0 Å². The summed E-state index contributed by atoms with van der Waals surface area (Å²) in [5.41, 5.74) is 11.4. The maximum atomic E-state index is 2.47. The van der Waals surface area contributed by atoms with E-state index in [2.05, 4.69) is 195 Å². The van der Waals surface area contributed by atoms with Gasteiger partial charge < -0.3 is 4.90 Å². The highest BCUT2D eigenvalue weighted by Gasteiger charge is 2.44. The molecule has 1 heterocycles. The molecule has 1 aromatic heterocycles. The van der Waals surface area contributed by atoms with Gasteiger partial charge in [-0.05, 0) is 98.0 Å². The highest BCUT2D eigenvalue weighted by atomic mass is 32.1. The number of fused-ring (bicyclic) bond motifs is 7. The second kappa shape index (κ2) is 11.7. The van der Waals surface area contributed by atoms with Crippen LogP contribution in [0, 0.1) is 5.92 Å². The van der Waals surface area contributed by atoms with Crippen molar-refractivity contribution in [2.45, 2.75) is 25.2 Å². The highest BCUT2D eigenvalue weighted by Crippen LogP contribution is 2.54. The molecule has 7 aromatic carbocycles. The molecule has 2 aliphatic carbocycles. The summed E-state index contributed by atoms with van der Waals surface area (Å²) >= 11 is 1.89. The van der Waals surface area contributed by atoms with Gasteiger partial charge in [0.15, 0.2) is 0 Å². The molecule has 0 bridgehead atoms. The quantitative estimate of drug-likeness (QED) is 0.176. The first-order valence-corrected chi connectivity index (χ1v) is 18.7. The zero-order chi connectivity index (χ0) is 34.1. The lowest BCUT2D eigenvalue weighted by Gasteiger charge is -2.31. The molecule has 0 radical (unpaired) electrons. The van der Waals surface area contributed by atoms with Gasteiger partial charge in [-0.3, -0.25) is 0 Å². The van der Waals surface area contributed by atoms with E-state index in [4.69, 9.17) is 0 Å². The summed E-state index contributed by atoms with van der Waals surface area (Å²) < 4.78 is 2.68. The molecule has 0 N–H and O–H groups in total. The molecule has 10 rings (SSSR count). The maximum absolute atomic E-state index is 2.47. The van der Waals surface area contributed by atoms with Gasteiger partial charge >= 0.3 is 0 Å². The first-order valence-electron chi connectivity index (χ1n) is 17.9. The van der Waals surface area contributed by atoms with Crippen molar-refractivity contribution in [3.8, 4) is 22.3 Å². The predicted molar refractivity (Wildman–Crippen MR) is 220 cm³/mol. The van der Waals surface area contributed by atoms with E-state index in [1.807, 2.05) is 11.3 Å². The standard InChI is InChI=1S/C49H37NS/c1-49(2)45-21-10-8-17-40(45)41-28-27-36(31-46(41)49)50(37-29-34-15-6-7-16-38(34)44(30-37)32-13-4-3-5-14-32)35-25-23-33(24-26-35)39-19-12-20-43-42-18-9-11-22-47(42)51-48(39)43/h3-31,40,45H,1-2H3. The Morgan fingerprint density at radius 3 is 2.10 bits per heavy atom. The lowest BCUT2D eigenvalue weighted by Crippen LogP contribution is -2.24. The van der Waals surface area contributed by atoms with Gasteiger partial charge in [0.05, 0.1) is 0 Å². The van der Waals surface area contributed by atoms with Crippen LogP contribution < -0.4 is 4.90 Å². The largest absolute Gasteiger partial charge is 0.310 e. The summed E-state index contributed by atoms with van der Waals surface area (Å²) in [6.07, 6.45) is 9.24. The zero-order valence-electron chi connectivity index (χ0n) is 28.8. The summed E-state index contributed by atoms with van der Waals surface area (Å²) in [5.74, 6) is 0.881. The molecule has 0 fully saturated rings. The van der Waals surface area contributed by atoms with Crippen LogP contribution in [0.25, 0.3) is 53.2 Å². The molecule has 51 heavy (non-hydrogen) atoms. The van der Waals surface area contributed by atoms with E-state index in [1.165, 1.54) is 70.0 Å². The van der Waals surface area contributed by atoms with Gasteiger partial charge in [0.2, 0.25) is 0 Å². The second-order valence-corrected chi connectivity index (χ2v) is 15.6. The third-order valence-corrected chi connectivity index (χ3v) is 12.6. The summed E-state index contributed by atoms with van der Waals surface area (Å²) in [6.45, 7) is 4.84.